The largest absolute Gasteiger partial charge is 0.463 e. The molecule has 5 heterocycles. The summed E-state index contributed by atoms with van der Waals surface area (Å²) in [5, 5.41) is 11.1. The molecule has 5 saturated heterocycles. The fraction of sp³-hybridized carbons (Fsp3) is 0.742. The maximum Gasteiger partial charge on any atom is 0.303 e. The van der Waals surface area contributed by atoms with Crippen molar-refractivity contribution in [2.75, 3.05) is 33.0 Å². The fourth-order valence-corrected chi connectivity index (χ4v) is 11.3. The third-order valence-electron chi connectivity index (χ3n) is 14.7. The predicted molar refractivity (Wildman–Crippen MR) is 319 cm³/mol. The van der Waals surface area contributed by atoms with E-state index in [4.69, 9.17) is 118 Å². The highest BCUT2D eigenvalue weighted by molar-refractivity contribution is 5.72. The second-order valence-electron chi connectivity index (χ2n) is 23.5. The van der Waals surface area contributed by atoms with Gasteiger partial charge in [0.2, 0.25) is 0 Å². The van der Waals surface area contributed by atoms with Crippen LogP contribution < -0.4 is 0 Å². The number of aliphatic hydroxyl groups excluding tert-OH is 1. The zero-order chi connectivity index (χ0) is 77.9. The minimum atomic E-state index is -2.33. The molecule has 0 aliphatic carbocycles. The summed E-state index contributed by atoms with van der Waals surface area (Å²) in [7, 11) is 0. The average molecular weight is 1500 g/mol. The van der Waals surface area contributed by atoms with Gasteiger partial charge in [0, 0.05) is 111 Å². The van der Waals surface area contributed by atoms with Gasteiger partial charge in [-0.3, -0.25) is 76.7 Å². The molecule has 5 rings (SSSR count). The van der Waals surface area contributed by atoms with Crippen molar-refractivity contribution in [1.82, 2.24) is 0 Å². The van der Waals surface area contributed by atoms with Gasteiger partial charge in [-0.1, -0.05) is 0 Å². The highest BCUT2D eigenvalue weighted by atomic mass is 16.8. The molecule has 5 fully saturated rings. The molecule has 0 aromatic rings. The Morgan fingerprint density at radius 3 is 0.558 bits per heavy atom. The molecule has 0 radical (unpaired) electrons. The van der Waals surface area contributed by atoms with E-state index < -0.39 is 282 Å². The number of carbonyl (C=O) groups is 16. The molecule has 25 atom stereocenters. The number of esters is 16. The topological polar surface area (TPSA) is 524 Å². The van der Waals surface area contributed by atoms with Gasteiger partial charge in [-0.2, -0.15) is 0 Å². The smallest absolute Gasteiger partial charge is 0.303 e. The van der Waals surface area contributed by atoms with Crippen LogP contribution in [0.15, 0.2) is 0 Å². The molecule has 104 heavy (non-hydrogen) atoms. The third-order valence-corrected chi connectivity index (χ3v) is 14.7. The van der Waals surface area contributed by atoms with Gasteiger partial charge in [-0.15, -0.1) is 0 Å². The third kappa shape index (κ3) is 25.5. The maximum atomic E-state index is 13.6. The van der Waals surface area contributed by atoms with E-state index in [0.29, 0.717) is 0 Å². The molecule has 5 aliphatic heterocycles. The molecule has 1 N–H and O–H groups in total. The molecule has 0 amide bonds. The summed E-state index contributed by atoms with van der Waals surface area (Å²) in [6.07, 6.45) is -51.3. The lowest BCUT2D eigenvalue weighted by Gasteiger charge is -2.51. The van der Waals surface area contributed by atoms with Crippen LogP contribution in [0.1, 0.15) is 111 Å². The molecule has 42 nitrogen and oxygen atoms in total. The predicted octanol–water partition coefficient (Wildman–Crippen LogP) is -2.79. The lowest BCUT2D eigenvalue weighted by molar-refractivity contribution is -0.393. The number of carbonyl (C=O) groups excluding carboxylic acids is 16. The number of hydrogen-bond donors (Lipinski definition) is 1. The van der Waals surface area contributed by atoms with Crippen molar-refractivity contribution < 1.29 is 200 Å². The summed E-state index contributed by atoms with van der Waals surface area (Å²) in [6, 6.07) is 0. The van der Waals surface area contributed by atoms with Crippen LogP contribution in [0.5, 0.6) is 0 Å². The van der Waals surface area contributed by atoms with Crippen molar-refractivity contribution in [3.8, 4) is 0 Å². The van der Waals surface area contributed by atoms with Crippen molar-refractivity contribution in [2.24, 2.45) is 0 Å². The highest BCUT2D eigenvalue weighted by Crippen LogP contribution is 2.41. The number of aliphatic hydroxyl groups is 1. The highest BCUT2D eigenvalue weighted by Gasteiger charge is 2.63. The van der Waals surface area contributed by atoms with Crippen LogP contribution in [-0.4, -0.2) is 287 Å². The first-order chi connectivity index (χ1) is 48.6. The molecule has 3 unspecified atom stereocenters. The molecular formula is C62H84O42. The molecule has 0 saturated carbocycles. The van der Waals surface area contributed by atoms with Crippen LogP contribution in [-0.2, 0) is 195 Å². The minimum absolute atomic E-state index is 0.787. The first-order valence-corrected chi connectivity index (χ1v) is 31.8. The minimum Gasteiger partial charge on any atom is -0.463 e. The van der Waals surface area contributed by atoms with Crippen molar-refractivity contribution in [3.05, 3.63) is 0 Å². The van der Waals surface area contributed by atoms with Crippen LogP contribution in [0.3, 0.4) is 0 Å². The van der Waals surface area contributed by atoms with Crippen LogP contribution >= 0.6 is 0 Å². The monoisotopic (exact) mass is 1500 g/mol. The van der Waals surface area contributed by atoms with Gasteiger partial charge in [-0.25, -0.2) is 0 Å². The van der Waals surface area contributed by atoms with E-state index >= 15 is 0 Å². The molecule has 5 aliphatic rings. The van der Waals surface area contributed by atoms with Crippen LogP contribution in [0.4, 0.5) is 0 Å². The fourth-order valence-electron chi connectivity index (χ4n) is 11.3. The first-order valence-electron chi connectivity index (χ1n) is 31.8. The van der Waals surface area contributed by atoms with E-state index in [1.54, 1.807) is 0 Å². The Bertz CT molecular complexity index is 3110. The summed E-state index contributed by atoms with van der Waals surface area (Å²) < 4.78 is 146. The maximum absolute atomic E-state index is 13.6. The van der Waals surface area contributed by atoms with Gasteiger partial charge in [0.15, 0.2) is 98.6 Å². The molecule has 42 heteroatoms. The second kappa shape index (κ2) is 39.3. The van der Waals surface area contributed by atoms with Gasteiger partial charge in [0.05, 0.1) is 0 Å². The number of rotatable bonds is 29. The van der Waals surface area contributed by atoms with Gasteiger partial charge >= 0.3 is 95.5 Å². The Labute approximate surface area is 591 Å². The van der Waals surface area contributed by atoms with E-state index in [0.717, 1.165) is 111 Å². The van der Waals surface area contributed by atoms with Crippen LogP contribution in [0, 0.1) is 0 Å². The molecular weight excluding hydrogens is 1420 g/mol. The van der Waals surface area contributed by atoms with Gasteiger partial charge in [0.1, 0.15) is 88.0 Å². The molecule has 0 aromatic heterocycles. The number of hydrogen-bond acceptors (Lipinski definition) is 42. The summed E-state index contributed by atoms with van der Waals surface area (Å²) in [5.74, 6) is -17.5. The van der Waals surface area contributed by atoms with Crippen molar-refractivity contribution >= 4 is 95.5 Å². The van der Waals surface area contributed by atoms with E-state index in [1.807, 2.05) is 0 Å². The summed E-state index contributed by atoms with van der Waals surface area (Å²) in [5.41, 5.74) is 0. The number of ether oxygens (including phenoxy) is 25. The Morgan fingerprint density at radius 2 is 0.356 bits per heavy atom. The Balaban J connectivity index is 1.73. The summed E-state index contributed by atoms with van der Waals surface area (Å²) >= 11 is 0. The van der Waals surface area contributed by atoms with Crippen LogP contribution in [0.2, 0.25) is 0 Å². The quantitative estimate of drug-likeness (QED) is 0.0584. The Hall–Kier alpha value is -8.88. The molecule has 0 spiro atoms. The van der Waals surface area contributed by atoms with Gasteiger partial charge < -0.3 is 124 Å². The lowest BCUT2D eigenvalue weighted by Crippen LogP contribution is -2.70. The van der Waals surface area contributed by atoms with Crippen LogP contribution in [0.25, 0.3) is 0 Å². The average Bonchev–Trinajstić information content (AvgIpc) is 0.760. The van der Waals surface area contributed by atoms with Gasteiger partial charge in [-0.05, 0) is 0 Å². The van der Waals surface area contributed by atoms with Gasteiger partial charge in [0.25, 0.3) is 0 Å². The van der Waals surface area contributed by atoms with Crippen molar-refractivity contribution in [1.29, 1.82) is 0 Å². The molecule has 0 aromatic carbocycles. The molecule has 0 bridgehead atoms. The Kier molecular flexibility index (Phi) is 32.4. The van der Waals surface area contributed by atoms with Crippen molar-refractivity contribution in [2.45, 2.75) is 264 Å². The van der Waals surface area contributed by atoms with E-state index in [1.165, 1.54) is 0 Å². The SMILES string of the molecule is CC(=O)OC[C@@H]1O[C@H](O[C@@H]2[C@H](OC(C)=O)[C@H](OC(C)=O)[C@@H](O[C@H]3[C@@H](OC(C)=O)[C@H](OC(C)=O)[C@@H](O[C@H]4[C@@H](OC(C)=O)[C@H](OC(C)=O)C(O)O[C@@H]4COC(C)=O)O[C@@H]3COC(C)=O)O[C@@H]2COC(C)=O)C(OC(C)=O)[C@@H](OC(C)=O)[C@@H]1O[C@H]1O[C@@H](COC(C)=O)[C@@H](OC(C)=O)[C@@H](OC(C)=O)C1OC(C)=O. The Morgan fingerprint density at radius 1 is 0.202 bits per heavy atom. The zero-order valence-electron chi connectivity index (χ0n) is 59.2. The lowest BCUT2D eigenvalue weighted by atomic mass is 9.94. The summed E-state index contributed by atoms with van der Waals surface area (Å²) in [6.45, 7) is 9.94. The summed E-state index contributed by atoms with van der Waals surface area (Å²) in [4.78, 5) is 207. The normalized spacial score (nSPS) is 33.0. The second-order valence-corrected chi connectivity index (χ2v) is 23.5. The zero-order valence-corrected chi connectivity index (χ0v) is 59.2. The first kappa shape index (κ1) is 85.8. The van der Waals surface area contributed by atoms with E-state index in [-0.39, 0.29) is 0 Å². The van der Waals surface area contributed by atoms with E-state index in [2.05, 4.69) is 0 Å². The standard InChI is InChI=1S/C62H84O42/c1-22(63)80-17-38-44(48(86-28(7)69)53(58(79)96-38)91-33(12)74)101-60-55(93-35(14)76)50(88-30(9)71)46(40(98-60)19-82-24(3)65)103-62-57(95-37(16)78)52(90-32(11)73)47(42(100-62)21-84-26(5)67)104-61-56(94-36(15)77)51(89-31(10)72)45(41(99-61)20-83-25(4)66)102-59-54(92-34(13)75)49(87-29(8)70)43(85-27(6)68)39(97-59)18-81-23(2)64/h38-62,79H,17-21H2,1-16H3/t38-,39+,40-,41+,42-,43-,44-,45-,46-,47+,48-,49-,50-,51+,52+,53+,54?,55+,56?,57+,58?,59-,60-,61-,62-/m1/s1. The van der Waals surface area contributed by atoms with E-state index in [9.17, 15) is 81.8 Å². The van der Waals surface area contributed by atoms with Crippen molar-refractivity contribution in [3.63, 3.8) is 0 Å². The molecule has 584 valence electrons.